The molecule has 0 amide bonds. The van der Waals surface area contributed by atoms with Gasteiger partial charge in [-0.3, -0.25) is 4.90 Å². The van der Waals surface area contributed by atoms with E-state index in [2.05, 4.69) is 44.4 Å². The Morgan fingerprint density at radius 1 is 1.29 bits per heavy atom. The number of rotatable bonds is 4. The molecule has 0 spiro atoms. The Bertz CT molecular complexity index is 728. The lowest BCUT2D eigenvalue weighted by Crippen LogP contribution is -2.47. The van der Waals surface area contributed by atoms with E-state index in [1.807, 2.05) is 0 Å². The maximum atomic E-state index is 10.2. The molecule has 4 rings (SSSR count). The van der Waals surface area contributed by atoms with Crippen molar-refractivity contribution in [2.24, 2.45) is 23.2 Å². The second kappa shape index (κ2) is 9.51. The molecule has 1 saturated heterocycles. The van der Waals surface area contributed by atoms with Crippen molar-refractivity contribution in [1.29, 1.82) is 0 Å². The topological polar surface area (TPSA) is 52.9 Å². The van der Waals surface area contributed by atoms with Crippen molar-refractivity contribution < 1.29 is 14.9 Å². The minimum Gasteiger partial charge on any atom is -0.393 e. The fourth-order valence-electron chi connectivity index (χ4n) is 7.21. The maximum absolute atomic E-state index is 10.2. The number of allylic oxidation sites excluding steroid dienone is 3. The van der Waals surface area contributed by atoms with Crippen LogP contribution in [-0.2, 0) is 4.74 Å². The highest BCUT2D eigenvalue weighted by molar-refractivity contribution is 5.38. The molecule has 2 N–H and O–H groups in total. The molecule has 0 aromatic carbocycles. The fraction of sp³-hybridized carbons (Fsp3) is 0.778. The molecule has 4 heteroatoms. The van der Waals surface area contributed by atoms with Crippen LogP contribution in [0.25, 0.3) is 0 Å². The molecular weight excluding hydrogens is 386 g/mol. The monoisotopic (exact) mass is 429 g/mol. The number of aliphatic hydroxyl groups excluding tert-OH is 2. The van der Waals surface area contributed by atoms with E-state index in [1.165, 1.54) is 38.6 Å². The van der Waals surface area contributed by atoms with Gasteiger partial charge in [0.15, 0.2) is 0 Å². The molecule has 2 unspecified atom stereocenters. The van der Waals surface area contributed by atoms with Crippen molar-refractivity contribution in [2.45, 2.75) is 84.0 Å². The van der Waals surface area contributed by atoms with Gasteiger partial charge in [0.1, 0.15) is 0 Å². The van der Waals surface area contributed by atoms with Gasteiger partial charge in [-0.2, -0.15) is 0 Å². The molecule has 3 aliphatic carbocycles. The van der Waals surface area contributed by atoms with Crippen LogP contribution in [0.2, 0.25) is 0 Å². The summed E-state index contributed by atoms with van der Waals surface area (Å²) in [5, 5.41) is 20.2. The minimum atomic E-state index is -0.607. The summed E-state index contributed by atoms with van der Waals surface area (Å²) < 4.78 is 5.64. The fourth-order valence-corrected chi connectivity index (χ4v) is 7.21. The number of hydrogen-bond acceptors (Lipinski definition) is 4. The first-order chi connectivity index (χ1) is 14.8. The quantitative estimate of drug-likeness (QED) is 0.692. The molecule has 3 saturated carbocycles. The number of morpholine rings is 1. The molecule has 1 aliphatic heterocycles. The first kappa shape index (κ1) is 23.2. The second-order valence-corrected chi connectivity index (χ2v) is 11.1. The zero-order valence-electron chi connectivity index (χ0n) is 19.9. The molecule has 4 aliphatic rings. The lowest BCUT2D eigenvalue weighted by atomic mass is 9.61. The number of aliphatic hydroxyl groups is 2. The Balaban J connectivity index is 1.48. The molecule has 4 nitrogen and oxygen atoms in total. The van der Waals surface area contributed by atoms with Crippen LogP contribution in [0.15, 0.2) is 35.5 Å². The van der Waals surface area contributed by atoms with Crippen molar-refractivity contribution in [1.82, 2.24) is 4.90 Å². The van der Waals surface area contributed by atoms with Gasteiger partial charge >= 0.3 is 0 Å². The van der Waals surface area contributed by atoms with E-state index in [0.717, 1.165) is 36.8 Å². The summed E-state index contributed by atoms with van der Waals surface area (Å²) in [6.07, 6.45) is 10.9. The number of hydrogen-bond donors (Lipinski definition) is 2. The predicted octanol–water partition coefficient (Wildman–Crippen LogP) is 4.48. The van der Waals surface area contributed by atoms with E-state index in [-0.39, 0.29) is 0 Å². The zero-order chi connectivity index (χ0) is 22.2. The van der Waals surface area contributed by atoms with Gasteiger partial charge in [0, 0.05) is 25.6 Å². The van der Waals surface area contributed by atoms with Crippen LogP contribution >= 0.6 is 0 Å². The Hall–Kier alpha value is -0.940. The molecule has 174 valence electrons. The minimum absolute atomic E-state index is 0.389. The molecule has 7 atom stereocenters. The zero-order valence-corrected chi connectivity index (χ0v) is 19.9. The summed E-state index contributed by atoms with van der Waals surface area (Å²) in [4.78, 5) is 2.64. The van der Waals surface area contributed by atoms with E-state index < -0.39 is 12.2 Å². The second-order valence-electron chi connectivity index (χ2n) is 11.1. The first-order valence-corrected chi connectivity index (χ1v) is 12.6. The van der Waals surface area contributed by atoms with Crippen LogP contribution in [0, 0.1) is 23.2 Å². The van der Waals surface area contributed by atoms with Gasteiger partial charge in [0.2, 0.25) is 0 Å². The summed E-state index contributed by atoms with van der Waals surface area (Å²) in [7, 11) is 0. The Labute approximate surface area is 189 Å². The average Bonchev–Trinajstić information content (AvgIpc) is 3.09. The summed E-state index contributed by atoms with van der Waals surface area (Å²) >= 11 is 0. The van der Waals surface area contributed by atoms with Gasteiger partial charge < -0.3 is 14.9 Å². The highest BCUT2D eigenvalue weighted by Gasteiger charge is 2.50. The Kier molecular flexibility index (Phi) is 7.12. The van der Waals surface area contributed by atoms with Crippen LogP contribution in [0.1, 0.15) is 65.7 Å². The summed E-state index contributed by atoms with van der Waals surface area (Å²) in [6.45, 7) is 15.4. The standard InChI is InChI=1S/C27H43NO3/c1-18(16-28-12-13-31-17-19(28)2)24-9-10-25-21(6-5-11-27(24,25)4)7-8-22-14-23(29)15-26(30)20(22)3/h7-8,18-19,23-26,29-30H,3,5-6,9-17H2,1-2,4H3/b21-7+,22-8+/t18-,19-,23?,24-,25+,26?,27-/m1/s1. The van der Waals surface area contributed by atoms with Crippen molar-refractivity contribution in [3.8, 4) is 0 Å². The molecule has 31 heavy (non-hydrogen) atoms. The SMILES string of the molecule is C=C1/C(=C/C=C2\CCC[C@]3(C)[C@@H]([C@H](C)CN4CCOC[C@H]4C)CC[C@@H]23)CC(O)CC1O. The van der Waals surface area contributed by atoms with E-state index in [4.69, 9.17) is 4.74 Å². The first-order valence-electron chi connectivity index (χ1n) is 12.6. The lowest BCUT2D eigenvalue weighted by molar-refractivity contribution is -0.0176. The lowest BCUT2D eigenvalue weighted by Gasteiger charge is -2.46. The molecular formula is C27H43NO3. The van der Waals surface area contributed by atoms with Crippen molar-refractivity contribution in [2.75, 3.05) is 26.3 Å². The largest absolute Gasteiger partial charge is 0.393 e. The highest BCUT2D eigenvalue weighted by Crippen LogP contribution is 2.59. The average molecular weight is 430 g/mol. The van der Waals surface area contributed by atoms with E-state index in [1.54, 1.807) is 5.57 Å². The smallest absolute Gasteiger partial charge is 0.0811 e. The Morgan fingerprint density at radius 3 is 2.87 bits per heavy atom. The molecule has 0 bridgehead atoms. The highest BCUT2D eigenvalue weighted by atomic mass is 16.5. The van der Waals surface area contributed by atoms with Gasteiger partial charge in [-0.1, -0.05) is 38.2 Å². The third kappa shape index (κ3) is 4.73. The van der Waals surface area contributed by atoms with Crippen LogP contribution in [0.5, 0.6) is 0 Å². The van der Waals surface area contributed by atoms with E-state index >= 15 is 0 Å². The molecule has 0 aromatic heterocycles. The molecule has 1 heterocycles. The van der Waals surface area contributed by atoms with E-state index in [9.17, 15) is 10.2 Å². The summed E-state index contributed by atoms with van der Waals surface area (Å²) in [5.41, 5.74) is 3.78. The number of ether oxygens (including phenoxy) is 1. The van der Waals surface area contributed by atoms with Crippen LogP contribution in [0.4, 0.5) is 0 Å². The third-order valence-electron chi connectivity index (χ3n) is 9.02. The van der Waals surface area contributed by atoms with Crippen LogP contribution < -0.4 is 0 Å². The molecule has 0 aromatic rings. The van der Waals surface area contributed by atoms with Crippen LogP contribution in [-0.4, -0.2) is 59.7 Å². The predicted molar refractivity (Wildman–Crippen MR) is 126 cm³/mol. The third-order valence-corrected chi connectivity index (χ3v) is 9.02. The Morgan fingerprint density at radius 2 is 2.10 bits per heavy atom. The molecule has 0 radical (unpaired) electrons. The summed E-state index contributed by atoms with van der Waals surface area (Å²) in [5.74, 6) is 2.15. The van der Waals surface area contributed by atoms with Gasteiger partial charge in [0.25, 0.3) is 0 Å². The van der Waals surface area contributed by atoms with Gasteiger partial charge in [0.05, 0.1) is 25.4 Å². The van der Waals surface area contributed by atoms with Gasteiger partial charge in [-0.05, 0) is 79.8 Å². The van der Waals surface area contributed by atoms with Crippen molar-refractivity contribution in [3.63, 3.8) is 0 Å². The van der Waals surface area contributed by atoms with Crippen LogP contribution in [0.3, 0.4) is 0 Å². The van der Waals surface area contributed by atoms with Crippen molar-refractivity contribution in [3.05, 3.63) is 35.5 Å². The van der Waals surface area contributed by atoms with Crippen molar-refractivity contribution >= 4 is 0 Å². The number of nitrogens with zero attached hydrogens (tertiary/aromatic N) is 1. The van der Waals surface area contributed by atoms with Gasteiger partial charge in [-0.25, -0.2) is 0 Å². The maximum Gasteiger partial charge on any atom is 0.0811 e. The molecule has 4 fully saturated rings. The summed E-state index contributed by atoms with van der Waals surface area (Å²) in [6, 6.07) is 0.531. The van der Waals surface area contributed by atoms with Gasteiger partial charge in [-0.15, -0.1) is 0 Å². The number of fused-ring (bicyclic) bond motifs is 1. The normalized spacial score (nSPS) is 43.4. The van der Waals surface area contributed by atoms with E-state index in [0.29, 0.717) is 36.1 Å².